The third kappa shape index (κ3) is 2.94. The summed E-state index contributed by atoms with van der Waals surface area (Å²) in [5.74, 6) is 0.937. The molecule has 0 aliphatic carbocycles. The summed E-state index contributed by atoms with van der Waals surface area (Å²) in [7, 11) is 1.39. The molecule has 6 heteroatoms. The van der Waals surface area contributed by atoms with Crippen LogP contribution < -0.4 is 10.5 Å². The molecule has 0 spiro atoms. The monoisotopic (exact) mass is 265 g/mol. The minimum atomic E-state index is -0.335. The topological polar surface area (TPSA) is 75.3 Å². The molecule has 1 atom stereocenters. The first-order valence-corrected chi connectivity index (χ1v) is 6.60. The van der Waals surface area contributed by atoms with Gasteiger partial charge in [-0.05, 0) is 19.3 Å². The average Bonchev–Trinajstić information content (AvgIpc) is 2.45. The molecule has 0 saturated carbocycles. The van der Waals surface area contributed by atoms with Crippen molar-refractivity contribution in [1.82, 2.24) is 9.97 Å². The lowest BCUT2D eigenvalue weighted by Gasteiger charge is -2.34. The molecule has 0 radical (unpaired) electrons. The highest BCUT2D eigenvalue weighted by molar-refractivity contribution is 5.79. The Morgan fingerprint density at radius 1 is 1.58 bits per heavy atom. The fourth-order valence-corrected chi connectivity index (χ4v) is 2.40. The molecular weight excluding hydrogens is 246 g/mol. The van der Waals surface area contributed by atoms with Crippen LogP contribution in [0.4, 0.5) is 5.82 Å². The van der Waals surface area contributed by atoms with Crippen LogP contribution >= 0.6 is 0 Å². The number of nitrogens with zero attached hydrogens (tertiary/aromatic N) is 2. The second-order valence-corrected chi connectivity index (χ2v) is 4.63. The summed E-state index contributed by atoms with van der Waals surface area (Å²) in [6.45, 7) is 2.65. The van der Waals surface area contributed by atoms with Gasteiger partial charge in [0.15, 0.2) is 0 Å². The van der Waals surface area contributed by atoms with Gasteiger partial charge in [-0.2, -0.15) is 0 Å². The average molecular weight is 265 g/mol. The Labute approximate surface area is 111 Å². The van der Waals surface area contributed by atoms with Crippen LogP contribution in [0.15, 0.2) is 10.9 Å². The van der Waals surface area contributed by atoms with Gasteiger partial charge >= 0.3 is 5.97 Å². The van der Waals surface area contributed by atoms with Gasteiger partial charge in [0.25, 0.3) is 5.56 Å². The Bertz CT molecular complexity index is 512. The molecule has 1 unspecified atom stereocenters. The van der Waals surface area contributed by atoms with Crippen molar-refractivity contribution in [2.45, 2.75) is 38.6 Å². The van der Waals surface area contributed by atoms with E-state index in [1.165, 1.54) is 13.2 Å². The molecule has 1 N–H and O–H groups in total. The number of esters is 1. The summed E-state index contributed by atoms with van der Waals surface area (Å²) in [6, 6.07) is 1.11. The standard InChI is InChI=1S/C13H19N3O3/c1-3-10-14-11(8-12(17)15-10)16-7-5-4-6-9(16)13(18)19-2/h8-9H,3-7H2,1-2H3,(H,14,15,17). The van der Waals surface area contributed by atoms with E-state index in [9.17, 15) is 9.59 Å². The summed E-state index contributed by atoms with van der Waals surface area (Å²) in [4.78, 5) is 32.4. The van der Waals surface area contributed by atoms with Crippen LogP contribution in [0.25, 0.3) is 0 Å². The fourth-order valence-electron chi connectivity index (χ4n) is 2.40. The number of rotatable bonds is 3. The lowest BCUT2D eigenvalue weighted by atomic mass is 10.0. The number of nitrogens with one attached hydrogen (secondary N) is 1. The zero-order chi connectivity index (χ0) is 13.8. The number of aromatic amines is 1. The van der Waals surface area contributed by atoms with Crippen LogP contribution in [-0.4, -0.2) is 35.6 Å². The molecule has 1 fully saturated rings. The van der Waals surface area contributed by atoms with Crippen LogP contribution in [0.3, 0.4) is 0 Å². The van der Waals surface area contributed by atoms with Gasteiger partial charge in [0, 0.05) is 19.0 Å². The second-order valence-electron chi connectivity index (χ2n) is 4.63. The number of carbonyl (C=O) groups excluding carboxylic acids is 1. The summed E-state index contributed by atoms with van der Waals surface area (Å²) in [5.41, 5.74) is -0.184. The number of piperidine rings is 1. The maximum Gasteiger partial charge on any atom is 0.328 e. The van der Waals surface area contributed by atoms with Crippen molar-refractivity contribution in [1.29, 1.82) is 0 Å². The number of hydrogen-bond donors (Lipinski definition) is 1. The number of carbonyl (C=O) groups is 1. The lowest BCUT2D eigenvalue weighted by Crippen LogP contribution is -2.46. The van der Waals surface area contributed by atoms with Crippen molar-refractivity contribution >= 4 is 11.8 Å². The normalized spacial score (nSPS) is 19.3. The molecule has 6 nitrogen and oxygen atoms in total. The maximum absolute atomic E-state index is 11.8. The maximum atomic E-state index is 11.8. The van der Waals surface area contributed by atoms with Crippen LogP contribution in [0, 0.1) is 0 Å². The highest BCUT2D eigenvalue weighted by Gasteiger charge is 2.30. The molecule has 19 heavy (non-hydrogen) atoms. The van der Waals surface area contributed by atoms with Crippen LogP contribution in [0.5, 0.6) is 0 Å². The first-order valence-electron chi connectivity index (χ1n) is 6.60. The molecule has 0 aromatic carbocycles. The van der Waals surface area contributed by atoms with Gasteiger partial charge in [0.2, 0.25) is 0 Å². The Balaban J connectivity index is 2.34. The van der Waals surface area contributed by atoms with Crippen LogP contribution in [0.2, 0.25) is 0 Å². The Hall–Kier alpha value is -1.85. The van der Waals surface area contributed by atoms with Gasteiger partial charge < -0.3 is 14.6 Å². The van der Waals surface area contributed by atoms with Crippen molar-refractivity contribution in [3.63, 3.8) is 0 Å². The molecule has 1 aromatic heterocycles. The SMILES string of the molecule is CCc1nc(N2CCCCC2C(=O)OC)cc(=O)[nH]1. The minimum Gasteiger partial charge on any atom is -0.467 e. The van der Waals surface area contributed by atoms with Crippen LogP contribution in [-0.2, 0) is 16.0 Å². The molecule has 0 amide bonds. The number of anilines is 1. The van der Waals surface area contributed by atoms with Gasteiger partial charge in [-0.1, -0.05) is 6.92 Å². The van der Waals surface area contributed by atoms with E-state index in [4.69, 9.17) is 4.74 Å². The molecule has 2 rings (SSSR count). The predicted molar refractivity (Wildman–Crippen MR) is 71.2 cm³/mol. The summed E-state index contributed by atoms with van der Waals surface area (Å²) in [6.07, 6.45) is 3.37. The fraction of sp³-hybridized carbons (Fsp3) is 0.615. The van der Waals surface area contributed by atoms with E-state index in [2.05, 4.69) is 9.97 Å². The number of aryl methyl sites for hydroxylation is 1. The molecule has 1 aliphatic rings. The quantitative estimate of drug-likeness (QED) is 0.821. The number of aromatic nitrogens is 2. The molecule has 1 saturated heterocycles. The van der Waals surface area contributed by atoms with Gasteiger partial charge in [-0.15, -0.1) is 0 Å². The van der Waals surface area contributed by atoms with Crippen molar-refractivity contribution < 1.29 is 9.53 Å². The van der Waals surface area contributed by atoms with E-state index < -0.39 is 0 Å². The Kier molecular flexibility index (Phi) is 4.19. The van der Waals surface area contributed by atoms with E-state index in [1.807, 2.05) is 11.8 Å². The molecule has 1 aliphatic heterocycles. The number of H-pyrrole nitrogens is 1. The smallest absolute Gasteiger partial charge is 0.328 e. The van der Waals surface area contributed by atoms with Crippen molar-refractivity contribution in [2.24, 2.45) is 0 Å². The van der Waals surface area contributed by atoms with E-state index >= 15 is 0 Å². The molecule has 0 bridgehead atoms. The van der Waals surface area contributed by atoms with Gasteiger partial charge in [-0.3, -0.25) is 4.79 Å². The summed E-state index contributed by atoms with van der Waals surface area (Å²) >= 11 is 0. The first kappa shape index (κ1) is 13.6. The summed E-state index contributed by atoms with van der Waals surface area (Å²) < 4.78 is 4.83. The van der Waals surface area contributed by atoms with Crippen molar-refractivity contribution in [2.75, 3.05) is 18.6 Å². The van der Waals surface area contributed by atoms with E-state index in [-0.39, 0.29) is 17.6 Å². The first-order chi connectivity index (χ1) is 9.15. The highest BCUT2D eigenvalue weighted by atomic mass is 16.5. The Morgan fingerprint density at radius 3 is 3.05 bits per heavy atom. The lowest BCUT2D eigenvalue weighted by molar-refractivity contribution is -0.142. The number of hydrogen-bond acceptors (Lipinski definition) is 5. The van der Waals surface area contributed by atoms with E-state index in [0.717, 1.165) is 25.8 Å². The highest BCUT2D eigenvalue weighted by Crippen LogP contribution is 2.23. The minimum absolute atomic E-state index is 0.184. The predicted octanol–water partition coefficient (Wildman–Crippen LogP) is 0.864. The molecular formula is C13H19N3O3. The Morgan fingerprint density at radius 2 is 2.37 bits per heavy atom. The zero-order valence-electron chi connectivity index (χ0n) is 11.3. The van der Waals surface area contributed by atoms with Gasteiger partial charge in [0.05, 0.1) is 7.11 Å². The van der Waals surface area contributed by atoms with Crippen molar-refractivity contribution in [3.05, 3.63) is 22.2 Å². The van der Waals surface area contributed by atoms with Gasteiger partial charge in [-0.25, -0.2) is 9.78 Å². The van der Waals surface area contributed by atoms with Gasteiger partial charge in [0.1, 0.15) is 17.7 Å². The molecule has 1 aromatic rings. The molecule has 2 heterocycles. The zero-order valence-corrected chi connectivity index (χ0v) is 11.3. The van der Waals surface area contributed by atoms with E-state index in [0.29, 0.717) is 18.1 Å². The third-order valence-corrected chi connectivity index (χ3v) is 3.38. The third-order valence-electron chi connectivity index (χ3n) is 3.38. The van der Waals surface area contributed by atoms with E-state index in [1.54, 1.807) is 0 Å². The summed E-state index contributed by atoms with van der Waals surface area (Å²) in [5, 5.41) is 0. The number of ether oxygens (including phenoxy) is 1. The number of methoxy groups -OCH3 is 1. The van der Waals surface area contributed by atoms with Crippen LogP contribution in [0.1, 0.15) is 32.0 Å². The second kappa shape index (κ2) is 5.86. The largest absolute Gasteiger partial charge is 0.467 e. The molecule has 104 valence electrons. The van der Waals surface area contributed by atoms with Crippen molar-refractivity contribution in [3.8, 4) is 0 Å².